The lowest BCUT2D eigenvalue weighted by atomic mass is 10.0. The average Bonchev–Trinajstić information content (AvgIpc) is 2.45. The number of ether oxygens (including phenoxy) is 1. The van der Waals surface area contributed by atoms with Gasteiger partial charge in [0.15, 0.2) is 0 Å². The molecule has 19 heavy (non-hydrogen) atoms. The van der Waals surface area contributed by atoms with Crippen LogP contribution < -0.4 is 10.5 Å². The number of rotatable bonds is 5. The first-order chi connectivity index (χ1) is 9.20. The number of nitrogens with two attached hydrogens (primary N) is 1. The average molecular weight is 276 g/mol. The Bertz CT molecular complexity index is 542. The highest BCUT2D eigenvalue weighted by atomic mass is 35.5. The molecule has 0 saturated carbocycles. The van der Waals surface area contributed by atoms with Gasteiger partial charge in [-0.3, -0.25) is 0 Å². The van der Waals surface area contributed by atoms with E-state index in [1.807, 2.05) is 48.5 Å². The van der Waals surface area contributed by atoms with Gasteiger partial charge in [-0.2, -0.15) is 0 Å². The molecule has 2 aromatic carbocycles. The molecule has 0 aromatic heterocycles. The number of hydrogen-bond acceptors (Lipinski definition) is 2. The first-order valence-electron chi connectivity index (χ1n) is 6.42. The van der Waals surface area contributed by atoms with E-state index in [-0.39, 0.29) is 6.04 Å². The molecule has 2 aromatic rings. The van der Waals surface area contributed by atoms with Gasteiger partial charge >= 0.3 is 0 Å². The van der Waals surface area contributed by atoms with Gasteiger partial charge < -0.3 is 10.5 Å². The molecule has 2 rings (SSSR count). The van der Waals surface area contributed by atoms with Crippen molar-refractivity contribution in [2.24, 2.45) is 5.73 Å². The lowest BCUT2D eigenvalue weighted by Gasteiger charge is -2.15. The van der Waals surface area contributed by atoms with Crippen molar-refractivity contribution in [3.63, 3.8) is 0 Å². The summed E-state index contributed by atoms with van der Waals surface area (Å²) in [7, 11) is 0. The van der Waals surface area contributed by atoms with Crippen LogP contribution in [0.5, 0.6) is 5.75 Å². The van der Waals surface area contributed by atoms with E-state index in [2.05, 4.69) is 6.92 Å². The maximum Gasteiger partial charge on any atom is 0.124 e. The second-order valence-electron chi connectivity index (χ2n) is 4.47. The molecule has 0 aliphatic carbocycles. The Morgan fingerprint density at radius 2 is 1.95 bits per heavy atom. The van der Waals surface area contributed by atoms with Crippen LogP contribution in [0, 0.1) is 0 Å². The summed E-state index contributed by atoms with van der Waals surface area (Å²) in [4.78, 5) is 0. The van der Waals surface area contributed by atoms with Gasteiger partial charge in [-0.25, -0.2) is 0 Å². The fourth-order valence-electron chi connectivity index (χ4n) is 1.93. The van der Waals surface area contributed by atoms with Crippen molar-refractivity contribution in [2.75, 3.05) is 0 Å². The van der Waals surface area contributed by atoms with Crippen molar-refractivity contribution in [1.29, 1.82) is 0 Å². The summed E-state index contributed by atoms with van der Waals surface area (Å²) in [5.74, 6) is 0.844. The Morgan fingerprint density at radius 3 is 2.68 bits per heavy atom. The molecule has 0 unspecified atom stereocenters. The Morgan fingerprint density at radius 1 is 1.16 bits per heavy atom. The molecule has 0 amide bonds. The van der Waals surface area contributed by atoms with E-state index in [1.54, 1.807) is 0 Å². The number of para-hydroxylation sites is 1. The molecule has 0 aliphatic heterocycles. The monoisotopic (exact) mass is 275 g/mol. The van der Waals surface area contributed by atoms with Crippen LogP contribution in [0.2, 0.25) is 5.02 Å². The number of benzene rings is 2. The fourth-order valence-corrected chi connectivity index (χ4v) is 2.14. The summed E-state index contributed by atoms with van der Waals surface area (Å²) >= 11 is 5.96. The zero-order valence-electron chi connectivity index (χ0n) is 11.0. The van der Waals surface area contributed by atoms with Crippen molar-refractivity contribution < 1.29 is 4.74 Å². The van der Waals surface area contributed by atoms with Gasteiger partial charge in [-0.05, 0) is 30.2 Å². The summed E-state index contributed by atoms with van der Waals surface area (Å²) in [6.45, 7) is 2.56. The molecular formula is C16H18ClNO. The second kappa shape index (κ2) is 6.60. The Labute approximate surface area is 119 Å². The lowest BCUT2D eigenvalue weighted by molar-refractivity contribution is 0.300. The van der Waals surface area contributed by atoms with Crippen LogP contribution in [-0.4, -0.2) is 0 Å². The Balaban J connectivity index is 2.11. The van der Waals surface area contributed by atoms with E-state index in [4.69, 9.17) is 22.1 Å². The van der Waals surface area contributed by atoms with Gasteiger partial charge in [0.1, 0.15) is 12.4 Å². The zero-order valence-corrected chi connectivity index (χ0v) is 11.7. The quantitative estimate of drug-likeness (QED) is 0.881. The van der Waals surface area contributed by atoms with Crippen molar-refractivity contribution in [2.45, 2.75) is 26.0 Å². The van der Waals surface area contributed by atoms with Crippen molar-refractivity contribution in [3.05, 3.63) is 64.7 Å². The number of halogens is 1. The van der Waals surface area contributed by atoms with Gasteiger partial charge in [0.25, 0.3) is 0 Å². The highest BCUT2D eigenvalue weighted by molar-refractivity contribution is 6.30. The maximum absolute atomic E-state index is 6.09. The summed E-state index contributed by atoms with van der Waals surface area (Å²) in [5.41, 5.74) is 8.18. The molecule has 0 saturated heterocycles. The van der Waals surface area contributed by atoms with E-state index in [0.717, 1.165) is 28.3 Å². The Hall–Kier alpha value is -1.51. The minimum Gasteiger partial charge on any atom is -0.489 e. The van der Waals surface area contributed by atoms with E-state index in [1.165, 1.54) is 0 Å². The van der Waals surface area contributed by atoms with Gasteiger partial charge in [-0.1, -0.05) is 48.9 Å². The summed E-state index contributed by atoms with van der Waals surface area (Å²) in [6.07, 6.45) is 0.886. The predicted octanol–water partition coefficient (Wildman–Crippen LogP) is 4.33. The van der Waals surface area contributed by atoms with Gasteiger partial charge in [-0.15, -0.1) is 0 Å². The SMILES string of the molecule is CC[C@@H](N)c1ccccc1OCc1cccc(Cl)c1. The molecule has 3 heteroatoms. The largest absolute Gasteiger partial charge is 0.489 e. The third-order valence-electron chi connectivity index (χ3n) is 3.04. The Kier molecular flexibility index (Phi) is 4.83. The standard InChI is InChI=1S/C16H18ClNO/c1-2-15(18)14-8-3-4-9-16(14)19-11-12-6-5-7-13(17)10-12/h3-10,15H,2,11,18H2,1H3/t15-/m1/s1. The first kappa shape index (κ1) is 13.9. The van der Waals surface area contributed by atoms with E-state index in [9.17, 15) is 0 Å². The second-order valence-corrected chi connectivity index (χ2v) is 4.91. The van der Waals surface area contributed by atoms with Gasteiger partial charge in [0, 0.05) is 16.6 Å². The van der Waals surface area contributed by atoms with Crippen LogP contribution in [0.3, 0.4) is 0 Å². The van der Waals surface area contributed by atoms with E-state index >= 15 is 0 Å². The summed E-state index contributed by atoms with van der Waals surface area (Å²) < 4.78 is 5.86. The molecule has 0 fully saturated rings. The summed E-state index contributed by atoms with van der Waals surface area (Å²) in [6, 6.07) is 15.6. The zero-order chi connectivity index (χ0) is 13.7. The van der Waals surface area contributed by atoms with Gasteiger partial charge in [0.2, 0.25) is 0 Å². The molecule has 0 spiro atoms. The van der Waals surface area contributed by atoms with Crippen LogP contribution in [0.15, 0.2) is 48.5 Å². The highest BCUT2D eigenvalue weighted by Crippen LogP contribution is 2.26. The topological polar surface area (TPSA) is 35.2 Å². The molecule has 0 radical (unpaired) electrons. The lowest BCUT2D eigenvalue weighted by Crippen LogP contribution is -2.10. The minimum atomic E-state index is 0.00978. The molecular weight excluding hydrogens is 258 g/mol. The molecule has 0 bridgehead atoms. The van der Waals surface area contributed by atoms with Crippen LogP contribution >= 0.6 is 11.6 Å². The number of hydrogen-bond donors (Lipinski definition) is 1. The molecule has 2 N–H and O–H groups in total. The fraction of sp³-hybridized carbons (Fsp3) is 0.250. The molecule has 100 valence electrons. The molecule has 0 heterocycles. The van der Waals surface area contributed by atoms with Gasteiger partial charge in [0.05, 0.1) is 0 Å². The van der Waals surface area contributed by atoms with Crippen LogP contribution in [0.4, 0.5) is 0 Å². The van der Waals surface area contributed by atoms with Crippen LogP contribution in [0.1, 0.15) is 30.5 Å². The minimum absolute atomic E-state index is 0.00978. The molecule has 0 aliphatic rings. The van der Waals surface area contributed by atoms with Crippen LogP contribution in [0.25, 0.3) is 0 Å². The normalized spacial score (nSPS) is 12.2. The smallest absolute Gasteiger partial charge is 0.124 e. The van der Waals surface area contributed by atoms with Crippen molar-refractivity contribution in [3.8, 4) is 5.75 Å². The first-order valence-corrected chi connectivity index (χ1v) is 6.80. The van der Waals surface area contributed by atoms with E-state index in [0.29, 0.717) is 6.61 Å². The van der Waals surface area contributed by atoms with Crippen molar-refractivity contribution >= 4 is 11.6 Å². The van der Waals surface area contributed by atoms with Crippen LogP contribution in [-0.2, 0) is 6.61 Å². The van der Waals surface area contributed by atoms with E-state index < -0.39 is 0 Å². The maximum atomic E-state index is 6.09. The third kappa shape index (κ3) is 3.72. The third-order valence-corrected chi connectivity index (χ3v) is 3.28. The highest BCUT2D eigenvalue weighted by Gasteiger charge is 2.09. The molecule has 1 atom stereocenters. The summed E-state index contributed by atoms with van der Waals surface area (Å²) in [5, 5.41) is 0.722. The molecule has 2 nitrogen and oxygen atoms in total. The predicted molar refractivity (Wildman–Crippen MR) is 79.4 cm³/mol. The van der Waals surface area contributed by atoms with Crippen molar-refractivity contribution in [1.82, 2.24) is 0 Å².